The maximum atomic E-state index is 10.3. The first-order valence-corrected chi connectivity index (χ1v) is 11.8. The van der Waals surface area contributed by atoms with E-state index in [9.17, 15) is 40.9 Å². The summed E-state index contributed by atoms with van der Waals surface area (Å²) in [6, 6.07) is 6.94. The number of rotatable bonds is 6. The smallest absolute Gasteiger partial charge is 0.180 e. The van der Waals surface area contributed by atoms with E-state index in [1.165, 1.54) is 21.8 Å². The Morgan fingerprint density at radius 1 is 0.632 bits per heavy atom. The molecule has 0 aliphatic carbocycles. The second-order valence-electron chi connectivity index (χ2n) is 9.19. The van der Waals surface area contributed by atoms with E-state index >= 15 is 0 Å². The minimum atomic E-state index is -1.56. The third-order valence-electron chi connectivity index (χ3n) is 6.73. The Bertz CT molecular complexity index is 1150. The third-order valence-corrected chi connectivity index (χ3v) is 6.73. The van der Waals surface area contributed by atoms with Gasteiger partial charge in [0.05, 0.1) is 25.6 Å². The summed E-state index contributed by atoms with van der Waals surface area (Å²) >= 11 is 0. The summed E-state index contributed by atoms with van der Waals surface area (Å²) in [6.07, 6.45) is -10.8. The van der Waals surface area contributed by atoms with Crippen molar-refractivity contribution < 1.29 is 50.3 Å². The van der Waals surface area contributed by atoms with E-state index in [0.29, 0.717) is 22.5 Å². The zero-order valence-electron chi connectivity index (χ0n) is 19.7. The minimum absolute atomic E-state index is 0.380. The Kier molecular flexibility index (Phi) is 7.51. The Morgan fingerprint density at radius 3 is 1.45 bits per heavy atom. The van der Waals surface area contributed by atoms with Crippen molar-refractivity contribution >= 4 is 0 Å². The van der Waals surface area contributed by atoms with Crippen LogP contribution in [0.4, 0.5) is 0 Å². The Hall–Kier alpha value is -2.90. The highest BCUT2D eigenvalue weighted by Gasteiger charge is 2.46. The van der Waals surface area contributed by atoms with Crippen molar-refractivity contribution in [1.82, 2.24) is 30.0 Å². The van der Waals surface area contributed by atoms with Crippen molar-refractivity contribution in [3.8, 4) is 22.5 Å². The van der Waals surface area contributed by atoms with Gasteiger partial charge in [-0.3, -0.25) is 0 Å². The molecule has 2 aliphatic rings. The predicted octanol–water partition coefficient (Wildman–Crippen LogP) is -3.85. The molecule has 2 fully saturated rings. The van der Waals surface area contributed by atoms with Gasteiger partial charge in [-0.1, -0.05) is 28.6 Å². The number of aromatic nitrogens is 6. The number of aliphatic hydroxyl groups excluding tert-OH is 8. The van der Waals surface area contributed by atoms with Crippen LogP contribution in [0, 0.1) is 0 Å². The zero-order chi connectivity index (χ0) is 27.1. The molecule has 16 heteroatoms. The molecule has 8 N–H and O–H groups in total. The fourth-order valence-electron chi connectivity index (χ4n) is 4.51. The predicted molar refractivity (Wildman–Crippen MR) is 123 cm³/mol. The summed E-state index contributed by atoms with van der Waals surface area (Å²) in [6.45, 7) is -1.15. The van der Waals surface area contributed by atoms with Crippen LogP contribution in [0.3, 0.4) is 0 Å². The molecule has 0 radical (unpaired) electrons. The van der Waals surface area contributed by atoms with Crippen LogP contribution in [0.1, 0.15) is 12.5 Å². The van der Waals surface area contributed by atoms with Gasteiger partial charge in [-0.15, -0.1) is 10.2 Å². The van der Waals surface area contributed by atoms with Gasteiger partial charge in [0.2, 0.25) is 0 Å². The molecule has 4 heterocycles. The van der Waals surface area contributed by atoms with Crippen LogP contribution >= 0.6 is 0 Å². The first-order chi connectivity index (χ1) is 18.2. The molecule has 3 aromatic rings. The van der Waals surface area contributed by atoms with E-state index in [1.807, 2.05) is 0 Å². The topological polar surface area (TPSA) is 242 Å². The van der Waals surface area contributed by atoms with Crippen molar-refractivity contribution in [2.24, 2.45) is 0 Å². The summed E-state index contributed by atoms with van der Waals surface area (Å²) in [4.78, 5) is 0. The second-order valence-corrected chi connectivity index (χ2v) is 9.19. The van der Waals surface area contributed by atoms with Crippen LogP contribution in [0.15, 0.2) is 36.7 Å². The largest absolute Gasteiger partial charge is 0.394 e. The van der Waals surface area contributed by atoms with Crippen molar-refractivity contribution in [3.05, 3.63) is 36.7 Å². The molecule has 2 saturated heterocycles. The Morgan fingerprint density at radius 2 is 1.05 bits per heavy atom. The lowest BCUT2D eigenvalue weighted by Gasteiger charge is -2.39. The van der Waals surface area contributed by atoms with Crippen molar-refractivity contribution in [3.63, 3.8) is 0 Å². The Balaban J connectivity index is 1.36. The molecule has 5 rings (SSSR count). The summed E-state index contributed by atoms with van der Waals surface area (Å²) in [5.74, 6) is 0. The van der Waals surface area contributed by atoms with E-state index in [0.717, 1.165) is 0 Å². The lowest BCUT2D eigenvalue weighted by Crippen LogP contribution is -2.56. The van der Waals surface area contributed by atoms with E-state index in [4.69, 9.17) is 9.47 Å². The molecule has 16 nitrogen and oxygen atoms in total. The lowest BCUT2D eigenvalue weighted by atomic mass is 9.98. The van der Waals surface area contributed by atoms with E-state index in [2.05, 4.69) is 20.6 Å². The number of benzene rings is 1. The van der Waals surface area contributed by atoms with E-state index < -0.39 is 74.5 Å². The first kappa shape index (κ1) is 26.7. The lowest BCUT2D eigenvalue weighted by molar-refractivity contribution is -0.254. The monoisotopic (exact) mass is 536 g/mol. The molecule has 38 heavy (non-hydrogen) atoms. The molecular weight excluding hydrogens is 508 g/mol. The highest BCUT2D eigenvalue weighted by atomic mass is 16.6. The van der Waals surface area contributed by atoms with Gasteiger partial charge in [0.25, 0.3) is 0 Å². The maximum absolute atomic E-state index is 10.3. The highest BCUT2D eigenvalue weighted by Crippen LogP contribution is 2.31. The molecule has 0 spiro atoms. The van der Waals surface area contributed by atoms with Crippen LogP contribution in [0.2, 0.25) is 0 Å². The summed E-state index contributed by atoms with van der Waals surface area (Å²) in [7, 11) is 0. The fraction of sp³-hybridized carbons (Fsp3) is 0.545. The molecule has 2 aliphatic heterocycles. The third kappa shape index (κ3) is 4.71. The van der Waals surface area contributed by atoms with Crippen LogP contribution in [-0.4, -0.2) is 133 Å². The SMILES string of the molecule is OCC1O[C@H](n2cc(-c3cccc(-c4cn([C@H]5OC(CO)[C@@H](O)C(O)C5O)nn4)c3)nn2)C(O)C(O)[C@@H]1O. The van der Waals surface area contributed by atoms with Crippen LogP contribution < -0.4 is 0 Å². The molecule has 10 atom stereocenters. The molecular formula is C22H28N6O10. The van der Waals surface area contributed by atoms with Crippen LogP contribution in [-0.2, 0) is 9.47 Å². The van der Waals surface area contributed by atoms with E-state index in [1.54, 1.807) is 24.3 Å². The number of hydrogen-bond donors (Lipinski definition) is 8. The molecule has 1 aromatic carbocycles. The summed E-state index contributed by atoms with van der Waals surface area (Å²) in [5, 5.41) is 95.7. The van der Waals surface area contributed by atoms with Gasteiger partial charge in [-0.2, -0.15) is 0 Å². The molecule has 0 bridgehead atoms. The zero-order valence-corrected chi connectivity index (χ0v) is 19.7. The highest BCUT2D eigenvalue weighted by molar-refractivity contribution is 5.68. The van der Waals surface area contributed by atoms with Crippen molar-refractivity contribution in [1.29, 1.82) is 0 Å². The maximum Gasteiger partial charge on any atom is 0.180 e. The average Bonchev–Trinajstić information content (AvgIpc) is 3.62. The van der Waals surface area contributed by atoms with Gasteiger partial charge < -0.3 is 50.3 Å². The average molecular weight is 536 g/mol. The van der Waals surface area contributed by atoms with Gasteiger partial charge in [0, 0.05) is 11.1 Å². The molecule has 0 saturated carbocycles. The number of nitrogens with zero attached hydrogens (tertiary/aromatic N) is 6. The molecule has 0 amide bonds. The van der Waals surface area contributed by atoms with E-state index in [-0.39, 0.29) is 0 Å². The molecule has 2 aromatic heterocycles. The number of hydrogen-bond acceptors (Lipinski definition) is 14. The quantitative estimate of drug-likeness (QED) is 0.150. The van der Waals surface area contributed by atoms with Gasteiger partial charge in [0.1, 0.15) is 60.2 Å². The van der Waals surface area contributed by atoms with Crippen molar-refractivity contribution in [2.75, 3.05) is 13.2 Å². The van der Waals surface area contributed by atoms with Gasteiger partial charge in [-0.05, 0) is 6.07 Å². The van der Waals surface area contributed by atoms with Gasteiger partial charge in [-0.25, -0.2) is 9.36 Å². The van der Waals surface area contributed by atoms with Gasteiger partial charge in [0.15, 0.2) is 12.5 Å². The van der Waals surface area contributed by atoms with Crippen molar-refractivity contribution in [2.45, 2.75) is 61.3 Å². The van der Waals surface area contributed by atoms with Crippen LogP contribution in [0.5, 0.6) is 0 Å². The number of ether oxygens (including phenoxy) is 2. The molecule has 206 valence electrons. The standard InChI is InChI=1S/C22H28N6O10/c29-7-13-15(31)17(33)19(35)21(37-13)27-5-11(23-25-27)9-2-1-3-10(4-9)12-6-28(26-24-12)22-20(36)18(34)16(32)14(8-30)38-22/h1-6,13-22,29-36H,7-8H2/t13?,14?,15-,16-,17?,18?,19?,20?,21+,22+/m1/s1. The normalized spacial score (nSPS) is 35.9. The number of aliphatic hydroxyl groups is 8. The first-order valence-electron chi connectivity index (χ1n) is 11.8. The molecule has 6 unspecified atom stereocenters. The Labute approximate surface area is 214 Å². The fourth-order valence-corrected chi connectivity index (χ4v) is 4.51. The van der Waals surface area contributed by atoms with Crippen LogP contribution in [0.25, 0.3) is 22.5 Å². The summed E-state index contributed by atoms with van der Waals surface area (Å²) < 4.78 is 13.4. The second kappa shape index (κ2) is 10.7. The minimum Gasteiger partial charge on any atom is -0.394 e. The summed E-state index contributed by atoms with van der Waals surface area (Å²) in [5.41, 5.74) is 1.96. The van der Waals surface area contributed by atoms with Gasteiger partial charge >= 0.3 is 0 Å².